The molecule has 3 rings (SSSR count). The first kappa shape index (κ1) is 26.0. The molecule has 0 radical (unpaired) electrons. The van der Waals surface area contributed by atoms with Gasteiger partial charge in [-0.05, 0) is 88.6 Å². The molecule has 0 heterocycles. The summed E-state index contributed by atoms with van der Waals surface area (Å²) in [5.41, 5.74) is 1.46. The molecule has 34 heavy (non-hydrogen) atoms. The average molecular weight is 490 g/mol. The monoisotopic (exact) mass is 489 g/mol. The average Bonchev–Trinajstić information content (AvgIpc) is 3.58. The van der Waals surface area contributed by atoms with Gasteiger partial charge in [0.2, 0.25) is 0 Å². The van der Waals surface area contributed by atoms with Gasteiger partial charge in [0.15, 0.2) is 0 Å². The summed E-state index contributed by atoms with van der Waals surface area (Å²) in [6, 6.07) is 11.6. The number of ether oxygens (including phenoxy) is 2. The Morgan fingerprint density at radius 3 is 2.41 bits per heavy atom. The molecule has 1 aliphatic rings. The van der Waals surface area contributed by atoms with Crippen molar-refractivity contribution in [2.75, 3.05) is 6.61 Å². The second kappa shape index (κ2) is 11.2. The van der Waals surface area contributed by atoms with Crippen LogP contribution in [0.25, 0.3) is 11.1 Å². The number of nitrogens with one attached hydrogen (secondary N) is 1. The van der Waals surface area contributed by atoms with E-state index in [1.807, 2.05) is 24.3 Å². The number of rotatable bonds is 9. The number of alkyl carbamates (subject to hydrolysis) is 1. The van der Waals surface area contributed by atoms with Crippen LogP contribution in [0.1, 0.15) is 52.5 Å². The number of hydrogen-bond acceptors (Lipinski definition) is 4. The van der Waals surface area contributed by atoms with Crippen molar-refractivity contribution in [3.05, 3.63) is 58.9 Å². The Labute approximate surface area is 206 Å². The number of halogens is 2. The molecule has 0 aromatic heterocycles. The van der Waals surface area contributed by atoms with E-state index in [1.54, 1.807) is 33.8 Å². The first-order valence-corrected chi connectivity index (χ1v) is 12.1. The van der Waals surface area contributed by atoms with Crippen LogP contribution in [-0.2, 0) is 20.7 Å². The summed E-state index contributed by atoms with van der Waals surface area (Å²) in [5, 5.41) is 3.41. The lowest BCUT2D eigenvalue weighted by Crippen LogP contribution is -2.42. The summed E-state index contributed by atoms with van der Waals surface area (Å²) in [4.78, 5) is 25.1. The lowest BCUT2D eigenvalue weighted by molar-refractivity contribution is -0.149. The molecule has 0 unspecified atom stereocenters. The smallest absolute Gasteiger partial charge is 0.407 e. The van der Waals surface area contributed by atoms with Gasteiger partial charge in [-0.3, -0.25) is 4.79 Å². The van der Waals surface area contributed by atoms with Crippen LogP contribution in [0.4, 0.5) is 9.18 Å². The van der Waals surface area contributed by atoms with Crippen LogP contribution in [0.15, 0.2) is 42.5 Å². The van der Waals surface area contributed by atoms with Crippen LogP contribution in [-0.4, -0.2) is 30.3 Å². The number of amides is 1. The van der Waals surface area contributed by atoms with Crippen LogP contribution < -0.4 is 5.32 Å². The van der Waals surface area contributed by atoms with Gasteiger partial charge in [0.05, 0.1) is 12.5 Å². The Balaban J connectivity index is 1.77. The molecule has 2 atom stereocenters. The van der Waals surface area contributed by atoms with Crippen molar-refractivity contribution in [2.45, 2.75) is 65.0 Å². The van der Waals surface area contributed by atoms with E-state index >= 15 is 0 Å². The molecular weight excluding hydrogens is 457 g/mol. The van der Waals surface area contributed by atoms with Gasteiger partial charge in [-0.2, -0.15) is 0 Å². The summed E-state index contributed by atoms with van der Waals surface area (Å²) in [7, 11) is 0. The van der Waals surface area contributed by atoms with Gasteiger partial charge < -0.3 is 14.8 Å². The highest BCUT2D eigenvalue weighted by atomic mass is 35.5. The predicted octanol–water partition coefficient (Wildman–Crippen LogP) is 6.56. The van der Waals surface area contributed by atoms with Gasteiger partial charge in [-0.1, -0.05) is 35.9 Å². The Morgan fingerprint density at radius 2 is 1.82 bits per heavy atom. The quantitative estimate of drug-likeness (QED) is 0.405. The molecule has 0 aliphatic heterocycles. The van der Waals surface area contributed by atoms with Gasteiger partial charge >= 0.3 is 12.1 Å². The summed E-state index contributed by atoms with van der Waals surface area (Å²) in [6.45, 7) is 7.54. The molecule has 184 valence electrons. The van der Waals surface area contributed by atoms with Gasteiger partial charge in [0, 0.05) is 16.6 Å². The van der Waals surface area contributed by atoms with Crippen molar-refractivity contribution < 1.29 is 23.5 Å². The van der Waals surface area contributed by atoms with E-state index in [4.69, 9.17) is 21.1 Å². The first-order chi connectivity index (χ1) is 16.1. The fraction of sp³-hybridized carbons (Fsp3) is 0.481. The molecule has 1 saturated carbocycles. The largest absolute Gasteiger partial charge is 0.466 e. The zero-order valence-corrected chi connectivity index (χ0v) is 21.0. The van der Waals surface area contributed by atoms with E-state index in [1.165, 1.54) is 12.1 Å². The van der Waals surface area contributed by atoms with Gasteiger partial charge in [-0.25, -0.2) is 9.18 Å². The minimum absolute atomic E-state index is 0.215. The van der Waals surface area contributed by atoms with E-state index in [0.29, 0.717) is 35.6 Å². The maximum absolute atomic E-state index is 14.2. The summed E-state index contributed by atoms with van der Waals surface area (Å²) >= 11 is 6.03. The van der Waals surface area contributed by atoms with E-state index in [9.17, 15) is 14.0 Å². The van der Waals surface area contributed by atoms with Crippen molar-refractivity contribution >= 4 is 23.7 Å². The highest BCUT2D eigenvalue weighted by molar-refractivity contribution is 6.30. The predicted molar refractivity (Wildman–Crippen MR) is 131 cm³/mol. The van der Waals surface area contributed by atoms with Crippen molar-refractivity contribution in [1.82, 2.24) is 5.32 Å². The summed E-state index contributed by atoms with van der Waals surface area (Å²) in [5.74, 6) is -0.536. The van der Waals surface area contributed by atoms with Gasteiger partial charge in [-0.15, -0.1) is 0 Å². The number of carbonyl (C=O) groups excluding carboxylic acids is 2. The normalized spacial score (nSPS) is 15.4. The Bertz CT molecular complexity index is 999. The molecule has 1 amide bonds. The molecule has 1 aliphatic carbocycles. The molecule has 5 nitrogen and oxygen atoms in total. The number of carbonyl (C=O) groups is 2. The van der Waals surface area contributed by atoms with Crippen molar-refractivity contribution in [2.24, 2.45) is 11.8 Å². The van der Waals surface area contributed by atoms with Crippen LogP contribution in [0.3, 0.4) is 0 Å². The molecule has 1 fully saturated rings. The van der Waals surface area contributed by atoms with E-state index < -0.39 is 11.7 Å². The highest BCUT2D eigenvalue weighted by Gasteiger charge is 2.39. The fourth-order valence-corrected chi connectivity index (χ4v) is 4.20. The summed E-state index contributed by atoms with van der Waals surface area (Å²) in [6.07, 6.45) is 2.42. The molecule has 7 heteroatoms. The summed E-state index contributed by atoms with van der Waals surface area (Å²) < 4.78 is 25.0. The van der Waals surface area contributed by atoms with Crippen molar-refractivity contribution in [1.29, 1.82) is 0 Å². The minimum Gasteiger partial charge on any atom is -0.466 e. The standard InChI is InChI=1S/C27H33ClFNO4/c1-5-33-25(31)23(19-10-11-19)16-21(30-26(32)34-27(2,3)4)14-17-6-8-18(9-7-17)22-15-20(28)12-13-24(22)29/h6-9,12-13,15,19,21,23H,5,10-11,14,16H2,1-4H3,(H,30,32)/t21-,23+/m1/s1. The maximum atomic E-state index is 14.2. The minimum atomic E-state index is -0.631. The van der Waals surface area contributed by atoms with Crippen molar-refractivity contribution in [3.8, 4) is 11.1 Å². The van der Waals surface area contributed by atoms with Crippen LogP contribution in [0.2, 0.25) is 5.02 Å². The lowest BCUT2D eigenvalue weighted by Gasteiger charge is -2.26. The maximum Gasteiger partial charge on any atom is 0.407 e. The SMILES string of the molecule is CCOC(=O)[C@@H](C[C@@H](Cc1ccc(-c2cc(Cl)ccc2F)cc1)NC(=O)OC(C)(C)C)C1CC1. The Kier molecular flexibility index (Phi) is 8.58. The Hall–Kier alpha value is -2.60. The van der Waals surface area contributed by atoms with Crippen molar-refractivity contribution in [3.63, 3.8) is 0 Å². The fourth-order valence-electron chi connectivity index (χ4n) is 4.03. The first-order valence-electron chi connectivity index (χ1n) is 11.8. The zero-order valence-electron chi connectivity index (χ0n) is 20.2. The second-order valence-corrected chi connectivity index (χ2v) is 10.2. The van der Waals surface area contributed by atoms with E-state index in [0.717, 1.165) is 18.4 Å². The van der Waals surface area contributed by atoms with Crippen LogP contribution >= 0.6 is 11.6 Å². The van der Waals surface area contributed by atoms with Gasteiger partial charge in [0.25, 0.3) is 0 Å². The number of esters is 1. The van der Waals surface area contributed by atoms with E-state index in [2.05, 4.69) is 5.32 Å². The Morgan fingerprint density at radius 1 is 1.15 bits per heavy atom. The third-order valence-electron chi connectivity index (χ3n) is 5.72. The molecule has 2 aromatic rings. The second-order valence-electron chi connectivity index (χ2n) is 9.80. The molecular formula is C27H33ClFNO4. The van der Waals surface area contributed by atoms with E-state index in [-0.39, 0.29) is 29.7 Å². The topological polar surface area (TPSA) is 64.6 Å². The number of benzene rings is 2. The zero-order chi connectivity index (χ0) is 24.9. The van der Waals surface area contributed by atoms with Gasteiger partial charge in [0.1, 0.15) is 11.4 Å². The lowest BCUT2D eigenvalue weighted by atomic mass is 9.91. The number of hydrogen-bond donors (Lipinski definition) is 1. The molecule has 2 aromatic carbocycles. The third-order valence-corrected chi connectivity index (χ3v) is 5.95. The molecule has 0 saturated heterocycles. The van der Waals surface area contributed by atoms with Crippen LogP contribution in [0.5, 0.6) is 0 Å². The highest BCUT2D eigenvalue weighted by Crippen LogP contribution is 2.40. The third kappa shape index (κ3) is 7.73. The van der Waals surface area contributed by atoms with Crippen LogP contribution in [0, 0.1) is 17.7 Å². The molecule has 0 bridgehead atoms. The molecule has 0 spiro atoms. The molecule has 1 N–H and O–H groups in total.